The van der Waals surface area contributed by atoms with E-state index in [9.17, 15) is 9.18 Å². The number of carboxylic acids is 1. The number of aryl methyl sites for hydroxylation is 1. The van der Waals surface area contributed by atoms with Gasteiger partial charge in [0, 0.05) is 12.7 Å². The SMILES string of the molecule is CC#C[C@@H](CC(=O)O)c1ccc(OCc2ccc3ccn(Cc4ccc(F)cc4)c3c2C)cc1. The Morgan fingerprint density at radius 1 is 1.06 bits per heavy atom. The third-order valence-electron chi connectivity index (χ3n) is 5.94. The normalized spacial score (nSPS) is 11.6. The molecule has 0 aliphatic heterocycles. The molecule has 5 heteroatoms. The molecule has 4 rings (SSSR count). The molecule has 1 heterocycles. The van der Waals surface area contributed by atoms with Crippen LogP contribution in [0.15, 0.2) is 72.9 Å². The predicted octanol–water partition coefficient (Wildman–Crippen LogP) is 6.30. The van der Waals surface area contributed by atoms with Gasteiger partial charge in [0.15, 0.2) is 0 Å². The van der Waals surface area contributed by atoms with E-state index in [0.29, 0.717) is 18.9 Å². The van der Waals surface area contributed by atoms with Crippen LogP contribution in [0.3, 0.4) is 0 Å². The van der Waals surface area contributed by atoms with Gasteiger partial charge in [-0.15, -0.1) is 5.92 Å². The zero-order valence-corrected chi connectivity index (χ0v) is 19.2. The fourth-order valence-electron chi connectivity index (χ4n) is 4.16. The standard InChI is InChI=1S/C29H26FNO3/c1-3-4-24(17-28(32)33)22-9-13-27(14-10-22)34-19-25-8-7-23-15-16-31(29(23)20(25)2)18-21-5-11-26(30)12-6-21/h5-16,24H,17-19H2,1-2H3,(H,32,33)/t24-/m0/s1. The highest BCUT2D eigenvalue weighted by Crippen LogP contribution is 2.26. The zero-order chi connectivity index (χ0) is 24.1. The van der Waals surface area contributed by atoms with Crippen molar-refractivity contribution in [2.24, 2.45) is 0 Å². The van der Waals surface area contributed by atoms with E-state index >= 15 is 0 Å². The van der Waals surface area contributed by atoms with Crippen molar-refractivity contribution < 1.29 is 19.0 Å². The lowest BCUT2D eigenvalue weighted by Crippen LogP contribution is -2.05. The van der Waals surface area contributed by atoms with E-state index in [4.69, 9.17) is 9.84 Å². The first-order valence-electron chi connectivity index (χ1n) is 11.1. The Labute approximate surface area is 198 Å². The Hall–Kier alpha value is -4.04. The summed E-state index contributed by atoms with van der Waals surface area (Å²) >= 11 is 0. The number of fused-ring (bicyclic) bond motifs is 1. The molecule has 0 bridgehead atoms. The number of hydrogen-bond donors (Lipinski definition) is 1. The molecule has 4 aromatic rings. The first-order chi connectivity index (χ1) is 16.4. The Balaban J connectivity index is 1.50. The average molecular weight is 456 g/mol. The molecule has 0 amide bonds. The number of halogens is 1. The van der Waals surface area contributed by atoms with Crippen LogP contribution in [0.1, 0.15) is 41.5 Å². The topological polar surface area (TPSA) is 51.5 Å². The first-order valence-corrected chi connectivity index (χ1v) is 11.1. The molecule has 0 unspecified atom stereocenters. The third-order valence-corrected chi connectivity index (χ3v) is 5.94. The fourth-order valence-corrected chi connectivity index (χ4v) is 4.16. The van der Waals surface area contributed by atoms with E-state index in [1.807, 2.05) is 24.3 Å². The highest BCUT2D eigenvalue weighted by molar-refractivity contribution is 5.84. The minimum Gasteiger partial charge on any atom is -0.489 e. The van der Waals surface area contributed by atoms with Crippen molar-refractivity contribution >= 4 is 16.9 Å². The minimum atomic E-state index is -0.872. The van der Waals surface area contributed by atoms with E-state index in [1.54, 1.807) is 19.1 Å². The molecule has 1 atom stereocenters. The molecule has 0 radical (unpaired) electrons. The second-order valence-corrected chi connectivity index (χ2v) is 8.26. The Kier molecular flexibility index (Phi) is 6.98. The molecule has 172 valence electrons. The van der Waals surface area contributed by atoms with E-state index in [1.165, 1.54) is 12.1 Å². The molecule has 0 saturated carbocycles. The van der Waals surface area contributed by atoms with Crippen LogP contribution in [-0.2, 0) is 17.9 Å². The number of ether oxygens (including phenoxy) is 1. The maximum Gasteiger partial charge on any atom is 0.304 e. The van der Waals surface area contributed by atoms with Crippen molar-refractivity contribution in [2.45, 2.75) is 39.3 Å². The van der Waals surface area contributed by atoms with Crippen molar-refractivity contribution in [2.75, 3.05) is 0 Å². The summed E-state index contributed by atoms with van der Waals surface area (Å²) in [5.41, 5.74) is 5.25. The lowest BCUT2D eigenvalue weighted by Gasteiger charge is -2.14. The molecular weight excluding hydrogens is 429 g/mol. The van der Waals surface area contributed by atoms with Gasteiger partial charge in [0.1, 0.15) is 18.2 Å². The first kappa shape index (κ1) is 23.1. The van der Waals surface area contributed by atoms with E-state index in [2.05, 4.69) is 47.7 Å². The Morgan fingerprint density at radius 3 is 2.47 bits per heavy atom. The molecular formula is C29H26FNO3. The second kappa shape index (κ2) is 10.3. The van der Waals surface area contributed by atoms with Crippen LogP contribution in [0, 0.1) is 24.6 Å². The summed E-state index contributed by atoms with van der Waals surface area (Å²) in [6.07, 6.45) is 2.02. The van der Waals surface area contributed by atoms with Crippen molar-refractivity contribution in [3.05, 3.63) is 101 Å². The van der Waals surface area contributed by atoms with Crippen molar-refractivity contribution in [3.8, 4) is 17.6 Å². The molecule has 1 N–H and O–H groups in total. The molecule has 4 nitrogen and oxygen atoms in total. The van der Waals surface area contributed by atoms with Crippen LogP contribution in [0.25, 0.3) is 10.9 Å². The van der Waals surface area contributed by atoms with E-state index in [0.717, 1.165) is 33.2 Å². The smallest absolute Gasteiger partial charge is 0.304 e. The van der Waals surface area contributed by atoms with E-state index in [-0.39, 0.29) is 18.2 Å². The van der Waals surface area contributed by atoms with Crippen molar-refractivity contribution in [1.29, 1.82) is 0 Å². The van der Waals surface area contributed by atoms with Gasteiger partial charge >= 0.3 is 5.97 Å². The lowest BCUT2D eigenvalue weighted by molar-refractivity contribution is -0.137. The Morgan fingerprint density at radius 2 is 1.79 bits per heavy atom. The van der Waals surface area contributed by atoms with Crippen molar-refractivity contribution in [1.82, 2.24) is 4.57 Å². The third kappa shape index (κ3) is 5.29. The maximum atomic E-state index is 13.3. The van der Waals surface area contributed by atoms with Gasteiger partial charge < -0.3 is 14.4 Å². The van der Waals surface area contributed by atoms with Crippen molar-refractivity contribution in [3.63, 3.8) is 0 Å². The molecule has 0 aliphatic carbocycles. The zero-order valence-electron chi connectivity index (χ0n) is 19.2. The number of aliphatic carboxylic acids is 1. The number of benzene rings is 3. The molecule has 3 aromatic carbocycles. The van der Waals surface area contributed by atoms with E-state index < -0.39 is 5.97 Å². The van der Waals surface area contributed by atoms with Gasteiger partial charge in [-0.3, -0.25) is 4.79 Å². The van der Waals surface area contributed by atoms with Gasteiger partial charge in [0.25, 0.3) is 0 Å². The van der Waals surface area contributed by atoms with Crippen LogP contribution >= 0.6 is 0 Å². The monoisotopic (exact) mass is 455 g/mol. The summed E-state index contributed by atoms with van der Waals surface area (Å²) in [7, 11) is 0. The molecule has 0 aliphatic rings. The number of rotatable bonds is 8. The quantitative estimate of drug-likeness (QED) is 0.317. The van der Waals surface area contributed by atoms with Crippen LogP contribution in [-0.4, -0.2) is 15.6 Å². The summed E-state index contributed by atoms with van der Waals surface area (Å²) in [5, 5.41) is 10.3. The van der Waals surface area contributed by atoms with Gasteiger partial charge in [-0.05, 0) is 71.8 Å². The summed E-state index contributed by atoms with van der Waals surface area (Å²) in [5.74, 6) is 5.04. The van der Waals surface area contributed by atoms with Gasteiger partial charge in [-0.1, -0.05) is 42.3 Å². The highest BCUT2D eigenvalue weighted by atomic mass is 19.1. The maximum absolute atomic E-state index is 13.3. The largest absolute Gasteiger partial charge is 0.489 e. The Bertz CT molecular complexity index is 1360. The van der Waals surface area contributed by atoms with Crippen LogP contribution in [0.5, 0.6) is 5.75 Å². The van der Waals surface area contributed by atoms with Crippen LogP contribution < -0.4 is 4.74 Å². The highest BCUT2D eigenvalue weighted by Gasteiger charge is 2.14. The lowest BCUT2D eigenvalue weighted by atomic mass is 9.96. The predicted molar refractivity (Wildman–Crippen MR) is 131 cm³/mol. The summed E-state index contributed by atoms with van der Waals surface area (Å²) < 4.78 is 21.5. The van der Waals surface area contributed by atoms with Gasteiger partial charge in [0.05, 0.1) is 17.9 Å². The molecule has 1 aromatic heterocycles. The number of carbonyl (C=O) groups is 1. The van der Waals surface area contributed by atoms with Crippen LogP contribution in [0.4, 0.5) is 4.39 Å². The summed E-state index contributed by atoms with van der Waals surface area (Å²) in [6.45, 7) is 4.87. The molecule has 34 heavy (non-hydrogen) atoms. The summed E-state index contributed by atoms with van der Waals surface area (Å²) in [6, 6.07) is 20.3. The number of carboxylic acid groups (broad SMARTS) is 1. The number of hydrogen-bond acceptors (Lipinski definition) is 2. The van der Waals surface area contributed by atoms with Gasteiger partial charge in [0.2, 0.25) is 0 Å². The average Bonchev–Trinajstić information content (AvgIpc) is 3.23. The van der Waals surface area contributed by atoms with Crippen LogP contribution in [0.2, 0.25) is 0 Å². The van der Waals surface area contributed by atoms with Gasteiger partial charge in [-0.2, -0.15) is 0 Å². The van der Waals surface area contributed by atoms with Gasteiger partial charge in [-0.25, -0.2) is 4.39 Å². The fraction of sp³-hybridized carbons (Fsp3) is 0.207. The molecule has 0 fully saturated rings. The second-order valence-electron chi connectivity index (χ2n) is 8.26. The number of aromatic nitrogens is 1. The molecule has 0 saturated heterocycles. The number of nitrogens with zero attached hydrogens (tertiary/aromatic N) is 1. The molecule has 0 spiro atoms. The summed E-state index contributed by atoms with van der Waals surface area (Å²) in [4.78, 5) is 11.1. The minimum absolute atomic E-state index is 0.0299.